The molecule has 0 N–H and O–H groups in total. The molecule has 3 heterocycles. The molecule has 0 saturated heterocycles. The van der Waals surface area contributed by atoms with Crippen molar-refractivity contribution in [3.63, 3.8) is 0 Å². The van der Waals surface area contributed by atoms with Gasteiger partial charge < -0.3 is 8.98 Å². The largest absolute Gasteiger partial charge is 0.454 e. The SMILES string of the molecule is c1ccc(-c2nc(-c3ccccc3)nc(-c3ccc(-n4c5ccc6ccccc6c5c5c6ccccc6ccc54)c4oc5ccccc5c34)n2)cc1. The van der Waals surface area contributed by atoms with Gasteiger partial charge in [-0.3, -0.25) is 0 Å². The quantitative estimate of drug-likeness (QED) is 0.188. The van der Waals surface area contributed by atoms with E-state index in [0.29, 0.717) is 17.5 Å². The van der Waals surface area contributed by atoms with Crippen LogP contribution in [0.2, 0.25) is 0 Å². The third kappa shape index (κ3) is 4.26. The molecule has 11 rings (SSSR count). The lowest BCUT2D eigenvalue weighted by atomic mass is 10.00. The Bertz CT molecular complexity index is 3030. The number of para-hydroxylation sites is 1. The summed E-state index contributed by atoms with van der Waals surface area (Å²) in [5.74, 6) is 1.83. The van der Waals surface area contributed by atoms with Crippen LogP contribution in [0, 0.1) is 0 Å². The van der Waals surface area contributed by atoms with Crippen molar-refractivity contribution in [2.45, 2.75) is 0 Å². The van der Waals surface area contributed by atoms with E-state index in [9.17, 15) is 0 Å². The van der Waals surface area contributed by atoms with E-state index in [4.69, 9.17) is 19.4 Å². The zero-order valence-electron chi connectivity index (χ0n) is 27.9. The van der Waals surface area contributed by atoms with Crippen LogP contribution in [0.5, 0.6) is 0 Å². The maximum atomic E-state index is 6.88. The number of furan rings is 1. The van der Waals surface area contributed by atoms with Crippen molar-refractivity contribution in [2.24, 2.45) is 0 Å². The van der Waals surface area contributed by atoms with Gasteiger partial charge in [0, 0.05) is 38.2 Å². The van der Waals surface area contributed by atoms with Crippen LogP contribution in [0.3, 0.4) is 0 Å². The summed E-state index contributed by atoms with van der Waals surface area (Å²) in [7, 11) is 0. The van der Waals surface area contributed by atoms with Gasteiger partial charge in [-0.15, -0.1) is 0 Å². The molecule has 11 aromatic rings. The van der Waals surface area contributed by atoms with Gasteiger partial charge in [-0.1, -0.05) is 140 Å². The van der Waals surface area contributed by atoms with Crippen LogP contribution < -0.4 is 0 Å². The zero-order chi connectivity index (χ0) is 34.2. The molecule has 3 aromatic heterocycles. The van der Waals surface area contributed by atoms with Crippen LogP contribution >= 0.6 is 0 Å². The summed E-state index contributed by atoms with van der Waals surface area (Å²) in [6, 6.07) is 59.0. The average Bonchev–Trinajstić information content (AvgIpc) is 3.78. The number of hydrogen-bond acceptors (Lipinski definition) is 4. The first-order valence-electron chi connectivity index (χ1n) is 17.5. The van der Waals surface area contributed by atoms with E-state index in [1.165, 1.54) is 32.3 Å². The third-order valence-corrected chi connectivity index (χ3v) is 10.2. The number of rotatable bonds is 4. The molecule has 5 heteroatoms. The first kappa shape index (κ1) is 28.7. The standard InChI is InChI=1S/C47H28N4O/c1-3-15-31(16-4-1)45-48-46(32-17-5-2-6-18-32)50-47(49-45)36-25-28-39(44-41(36)35-21-11-12-22-40(35)52-44)51-37-26-23-29-13-7-9-19-33(29)42(37)43-34-20-10-8-14-30(34)24-27-38(43)51/h1-28H. The van der Waals surface area contributed by atoms with Crippen LogP contribution in [-0.4, -0.2) is 19.5 Å². The third-order valence-electron chi connectivity index (χ3n) is 10.2. The maximum absolute atomic E-state index is 6.88. The second-order valence-corrected chi connectivity index (χ2v) is 13.2. The second-order valence-electron chi connectivity index (χ2n) is 13.2. The average molecular weight is 665 g/mol. The van der Waals surface area contributed by atoms with Gasteiger partial charge in [0.25, 0.3) is 0 Å². The summed E-state index contributed by atoms with van der Waals surface area (Å²) in [4.78, 5) is 15.2. The summed E-state index contributed by atoms with van der Waals surface area (Å²) in [6.07, 6.45) is 0. The number of nitrogens with zero attached hydrogens (tertiary/aromatic N) is 4. The Balaban J connectivity index is 1.25. The van der Waals surface area contributed by atoms with Crippen LogP contribution in [-0.2, 0) is 0 Å². The van der Waals surface area contributed by atoms with Gasteiger partial charge in [0.05, 0.1) is 16.7 Å². The molecular formula is C47H28N4O. The molecule has 8 aromatic carbocycles. The van der Waals surface area contributed by atoms with Crippen LogP contribution in [0.25, 0.3) is 105 Å². The summed E-state index contributed by atoms with van der Waals surface area (Å²) in [6.45, 7) is 0. The van der Waals surface area contributed by atoms with E-state index in [-0.39, 0.29) is 0 Å². The minimum atomic E-state index is 0.593. The van der Waals surface area contributed by atoms with Crippen molar-refractivity contribution in [1.29, 1.82) is 0 Å². The lowest BCUT2D eigenvalue weighted by Gasteiger charge is -2.13. The van der Waals surface area contributed by atoms with Crippen molar-refractivity contribution >= 4 is 65.3 Å². The Morgan fingerprint density at radius 1 is 0.385 bits per heavy atom. The molecule has 0 unspecified atom stereocenters. The summed E-state index contributed by atoms with van der Waals surface area (Å²) in [5, 5.41) is 9.32. The second kappa shape index (κ2) is 11.2. The summed E-state index contributed by atoms with van der Waals surface area (Å²) in [5.41, 5.74) is 7.54. The predicted molar refractivity (Wildman–Crippen MR) is 213 cm³/mol. The van der Waals surface area contributed by atoms with Crippen LogP contribution in [0.15, 0.2) is 174 Å². The molecule has 0 saturated carbocycles. The summed E-state index contributed by atoms with van der Waals surface area (Å²) < 4.78 is 9.25. The zero-order valence-corrected chi connectivity index (χ0v) is 27.9. The highest BCUT2D eigenvalue weighted by Gasteiger charge is 2.24. The van der Waals surface area contributed by atoms with Crippen molar-refractivity contribution in [1.82, 2.24) is 19.5 Å². The van der Waals surface area contributed by atoms with Crippen LogP contribution in [0.1, 0.15) is 0 Å². The Hall–Kier alpha value is -7.11. The predicted octanol–water partition coefficient (Wildman–Crippen LogP) is 12.2. The van der Waals surface area contributed by atoms with Gasteiger partial charge in [0.15, 0.2) is 23.1 Å². The molecule has 242 valence electrons. The number of aromatic nitrogens is 4. The molecule has 0 aliphatic carbocycles. The van der Waals surface area contributed by atoms with Gasteiger partial charge in [-0.25, -0.2) is 15.0 Å². The highest BCUT2D eigenvalue weighted by atomic mass is 16.3. The Morgan fingerprint density at radius 2 is 0.885 bits per heavy atom. The Labute approximate surface area is 298 Å². The number of fused-ring (bicyclic) bond motifs is 10. The molecule has 0 spiro atoms. The van der Waals surface area contributed by atoms with E-state index >= 15 is 0 Å². The molecule has 0 aliphatic rings. The fourth-order valence-electron chi connectivity index (χ4n) is 7.91. The Morgan fingerprint density at radius 3 is 1.48 bits per heavy atom. The number of benzene rings is 8. The molecule has 0 aliphatic heterocycles. The van der Waals surface area contributed by atoms with Crippen LogP contribution in [0.4, 0.5) is 0 Å². The minimum absolute atomic E-state index is 0.593. The molecule has 5 nitrogen and oxygen atoms in total. The topological polar surface area (TPSA) is 56.7 Å². The fourth-order valence-corrected chi connectivity index (χ4v) is 7.91. The molecule has 52 heavy (non-hydrogen) atoms. The van der Waals surface area contributed by atoms with Crippen molar-refractivity contribution < 1.29 is 4.42 Å². The lowest BCUT2D eigenvalue weighted by molar-refractivity contribution is 0.666. The van der Waals surface area contributed by atoms with Gasteiger partial charge in [-0.2, -0.15) is 0 Å². The van der Waals surface area contributed by atoms with Crippen molar-refractivity contribution in [3.05, 3.63) is 170 Å². The normalized spacial score (nSPS) is 11.8. The van der Waals surface area contributed by atoms with Gasteiger partial charge in [-0.05, 0) is 51.9 Å². The monoisotopic (exact) mass is 664 g/mol. The maximum Gasteiger partial charge on any atom is 0.164 e. The van der Waals surface area contributed by atoms with Gasteiger partial charge >= 0.3 is 0 Å². The lowest BCUT2D eigenvalue weighted by Crippen LogP contribution is -2.01. The minimum Gasteiger partial charge on any atom is -0.454 e. The van der Waals surface area contributed by atoms with E-state index in [1.807, 2.05) is 72.8 Å². The molecule has 0 bridgehead atoms. The van der Waals surface area contributed by atoms with Gasteiger partial charge in [0.2, 0.25) is 0 Å². The smallest absolute Gasteiger partial charge is 0.164 e. The molecular weight excluding hydrogens is 637 g/mol. The van der Waals surface area contributed by atoms with Crippen molar-refractivity contribution in [3.8, 4) is 39.9 Å². The van der Waals surface area contributed by atoms with Crippen molar-refractivity contribution in [2.75, 3.05) is 0 Å². The molecule has 0 radical (unpaired) electrons. The van der Waals surface area contributed by atoms with E-state index in [2.05, 4.69) is 102 Å². The fraction of sp³-hybridized carbons (Fsp3) is 0. The Kier molecular flexibility index (Phi) is 6.18. The van der Waals surface area contributed by atoms with E-state index < -0.39 is 0 Å². The first-order valence-corrected chi connectivity index (χ1v) is 17.5. The molecule has 0 fully saturated rings. The summed E-state index contributed by atoms with van der Waals surface area (Å²) >= 11 is 0. The van der Waals surface area contributed by atoms with E-state index in [1.54, 1.807) is 0 Å². The highest BCUT2D eigenvalue weighted by molar-refractivity contribution is 6.29. The van der Waals surface area contributed by atoms with E-state index in [0.717, 1.165) is 55.3 Å². The first-order chi connectivity index (χ1) is 25.8. The molecule has 0 atom stereocenters. The molecule has 0 amide bonds. The van der Waals surface area contributed by atoms with Gasteiger partial charge in [0.1, 0.15) is 5.58 Å². The highest BCUT2D eigenvalue weighted by Crippen LogP contribution is 2.45. The number of hydrogen-bond donors (Lipinski definition) is 0.